The zero-order chi connectivity index (χ0) is 45.6. The molecule has 0 aliphatic heterocycles. The second kappa shape index (κ2) is 14.1. The van der Waals surface area contributed by atoms with E-state index in [1.54, 1.807) is 0 Å². The van der Waals surface area contributed by atoms with Crippen LogP contribution in [-0.4, -0.2) is 13.5 Å². The van der Waals surface area contributed by atoms with E-state index in [0.29, 0.717) is 0 Å². The molecular weight excluding hydrogens is 851 g/mol. The molecule has 0 N–H and O–H groups in total. The van der Waals surface area contributed by atoms with E-state index in [0.717, 1.165) is 44.3 Å². The lowest BCUT2D eigenvalue weighted by Crippen LogP contribution is -1.94. The van der Waals surface area contributed by atoms with Crippen LogP contribution in [0.5, 0.6) is 0 Å². The van der Waals surface area contributed by atoms with Gasteiger partial charge in [0.1, 0.15) is 5.58 Å². The van der Waals surface area contributed by atoms with Gasteiger partial charge in [0.05, 0.1) is 44.3 Å². The molecule has 16 rings (SSSR count). The van der Waals surface area contributed by atoms with Crippen molar-refractivity contribution in [1.29, 1.82) is 0 Å². The third-order valence-electron chi connectivity index (χ3n) is 15.2. The van der Waals surface area contributed by atoms with E-state index in [9.17, 15) is 0 Å². The van der Waals surface area contributed by atoms with E-state index < -0.39 is 0 Å². The van der Waals surface area contributed by atoms with Crippen LogP contribution in [0.2, 0.25) is 0 Å². The summed E-state index contributed by atoms with van der Waals surface area (Å²) in [6, 6.07) is 86.7. The van der Waals surface area contributed by atoms with E-state index in [-0.39, 0.29) is 0 Å². The number of hydrogen-bond acceptors (Lipinski definition) is 1. The van der Waals surface area contributed by atoms with Crippen LogP contribution < -0.4 is 0 Å². The summed E-state index contributed by atoms with van der Waals surface area (Å²) in [6.07, 6.45) is 0. The Hall–Kier alpha value is -9.38. The first-order valence-corrected chi connectivity index (χ1v) is 24.1. The van der Waals surface area contributed by atoms with Gasteiger partial charge in [0.25, 0.3) is 0 Å². The minimum absolute atomic E-state index is 0.901. The van der Waals surface area contributed by atoms with Crippen molar-refractivity contribution in [1.82, 2.24) is 13.5 Å². The maximum atomic E-state index is 6.54. The molecule has 0 atom stereocenters. The van der Waals surface area contributed by atoms with Gasteiger partial charge < -0.3 is 18.0 Å². The monoisotopic (exact) mass is 889 g/mol. The maximum absolute atomic E-state index is 6.54. The molecule has 324 valence electrons. The van der Waals surface area contributed by atoms with Gasteiger partial charge in [-0.2, -0.15) is 0 Å². The van der Waals surface area contributed by atoms with Gasteiger partial charge in [-0.15, -0.1) is 0 Å². The molecule has 0 amide bonds. The highest BCUT2D eigenvalue weighted by molar-refractivity contribution is 6.24. The molecule has 5 aromatic heterocycles. The van der Waals surface area contributed by atoms with Crippen LogP contribution in [0, 0.1) is 0 Å². The van der Waals surface area contributed by atoms with Crippen molar-refractivity contribution in [3.8, 4) is 44.8 Å². The SMILES string of the molecule is c1ccc2c(c1)oc1c(-n3c4ccccc4c4cc(-c5ccc(-c6ccc7c(c6)c6ccccc6n7-c6ccc(-c7cc8c9ccccc9n9c%10ccccc%10c(c7)c89)cc6)cc5)ccc43)cccc12. The molecule has 70 heavy (non-hydrogen) atoms. The van der Waals surface area contributed by atoms with E-state index in [2.05, 4.69) is 244 Å². The highest BCUT2D eigenvalue weighted by Gasteiger charge is 2.21. The summed E-state index contributed by atoms with van der Waals surface area (Å²) in [4.78, 5) is 0. The van der Waals surface area contributed by atoms with Crippen molar-refractivity contribution in [3.63, 3.8) is 0 Å². The van der Waals surface area contributed by atoms with Gasteiger partial charge >= 0.3 is 0 Å². The Labute approximate surface area is 401 Å². The predicted octanol–water partition coefficient (Wildman–Crippen LogP) is 17.9. The summed E-state index contributed by atoms with van der Waals surface area (Å²) in [5.41, 5.74) is 19.7. The number of fused-ring (bicyclic) bond motifs is 15. The number of para-hydroxylation sites is 6. The minimum atomic E-state index is 0.901. The summed E-state index contributed by atoms with van der Waals surface area (Å²) < 4.78 is 13.8. The largest absolute Gasteiger partial charge is 0.454 e. The first-order valence-electron chi connectivity index (χ1n) is 24.1. The topological polar surface area (TPSA) is 27.4 Å². The summed E-state index contributed by atoms with van der Waals surface area (Å²) in [5.74, 6) is 0. The van der Waals surface area contributed by atoms with Crippen LogP contribution in [0.4, 0.5) is 0 Å². The van der Waals surface area contributed by atoms with E-state index in [1.807, 2.05) is 6.07 Å². The Kier molecular flexibility index (Phi) is 7.58. The standard InChI is InChI=1S/C66H39N3O/c1-6-18-57-47(12-1)53-36-43(30-34-61(53)67(57)46-32-28-42(29-33-46)45-38-55-49-14-3-8-20-59(49)69-60-21-9-4-15-50(60)56(39-45)65(55)69)40-24-26-41(27-25-40)44-31-35-62-54(37-44)48-13-2-7-19-58(48)68(62)63-22-11-17-52-51-16-5-10-23-64(51)70-66(52)63/h1-39H. The number of furan rings is 1. The number of benzene rings is 11. The average molecular weight is 890 g/mol. The van der Waals surface area contributed by atoms with Crippen molar-refractivity contribution in [3.05, 3.63) is 237 Å². The van der Waals surface area contributed by atoms with Crippen molar-refractivity contribution in [2.75, 3.05) is 0 Å². The number of hydrogen-bond donors (Lipinski definition) is 0. The zero-order valence-electron chi connectivity index (χ0n) is 37.8. The summed E-state index contributed by atoms with van der Waals surface area (Å²) in [6.45, 7) is 0. The molecule has 0 spiro atoms. The van der Waals surface area contributed by atoms with E-state index in [1.165, 1.54) is 104 Å². The van der Waals surface area contributed by atoms with Gasteiger partial charge in [-0.3, -0.25) is 0 Å². The van der Waals surface area contributed by atoms with Crippen molar-refractivity contribution >= 4 is 104 Å². The Morgan fingerprint density at radius 3 is 1.27 bits per heavy atom. The highest BCUT2D eigenvalue weighted by atomic mass is 16.3. The van der Waals surface area contributed by atoms with Gasteiger partial charge in [-0.05, 0) is 118 Å². The molecular formula is C66H39N3O. The molecule has 0 aliphatic carbocycles. The molecule has 0 unspecified atom stereocenters. The second-order valence-corrected chi connectivity index (χ2v) is 18.8. The van der Waals surface area contributed by atoms with Crippen molar-refractivity contribution in [2.45, 2.75) is 0 Å². The Bertz CT molecular complexity index is 4730. The Balaban J connectivity index is 0.752. The van der Waals surface area contributed by atoms with Gasteiger partial charge in [0.2, 0.25) is 0 Å². The Morgan fingerprint density at radius 1 is 0.257 bits per heavy atom. The molecule has 0 fully saturated rings. The molecule has 4 nitrogen and oxygen atoms in total. The number of rotatable bonds is 5. The maximum Gasteiger partial charge on any atom is 0.159 e. The smallest absolute Gasteiger partial charge is 0.159 e. The molecule has 4 heteroatoms. The molecule has 11 aromatic carbocycles. The first kappa shape index (κ1) is 37.7. The van der Waals surface area contributed by atoms with E-state index >= 15 is 0 Å². The normalized spacial score (nSPS) is 12.3. The van der Waals surface area contributed by atoms with Crippen LogP contribution in [0.1, 0.15) is 0 Å². The lowest BCUT2D eigenvalue weighted by molar-refractivity contribution is 0.666. The highest BCUT2D eigenvalue weighted by Crippen LogP contribution is 2.44. The zero-order valence-corrected chi connectivity index (χ0v) is 37.8. The minimum Gasteiger partial charge on any atom is -0.454 e. The fourth-order valence-corrected chi connectivity index (χ4v) is 12.0. The molecule has 0 bridgehead atoms. The van der Waals surface area contributed by atoms with E-state index in [4.69, 9.17) is 4.42 Å². The fourth-order valence-electron chi connectivity index (χ4n) is 12.0. The quantitative estimate of drug-likeness (QED) is 0.169. The molecule has 0 radical (unpaired) electrons. The van der Waals surface area contributed by atoms with Crippen LogP contribution in [0.25, 0.3) is 148 Å². The third kappa shape index (κ3) is 5.19. The fraction of sp³-hybridized carbons (Fsp3) is 0. The van der Waals surface area contributed by atoms with Crippen molar-refractivity contribution in [2.24, 2.45) is 0 Å². The van der Waals surface area contributed by atoms with Crippen LogP contribution >= 0.6 is 0 Å². The van der Waals surface area contributed by atoms with Gasteiger partial charge in [-0.1, -0.05) is 152 Å². The Morgan fingerprint density at radius 2 is 0.671 bits per heavy atom. The lowest BCUT2D eigenvalue weighted by Gasteiger charge is -2.11. The summed E-state index contributed by atoms with van der Waals surface area (Å²) in [7, 11) is 0. The second-order valence-electron chi connectivity index (χ2n) is 18.8. The number of aromatic nitrogens is 3. The van der Waals surface area contributed by atoms with Crippen LogP contribution in [0.3, 0.4) is 0 Å². The van der Waals surface area contributed by atoms with Gasteiger partial charge in [0.15, 0.2) is 5.58 Å². The number of nitrogens with zero attached hydrogens (tertiary/aromatic N) is 3. The van der Waals surface area contributed by atoms with Gasteiger partial charge in [-0.25, -0.2) is 0 Å². The summed E-state index contributed by atoms with van der Waals surface area (Å²) >= 11 is 0. The molecule has 0 saturated carbocycles. The first-order chi connectivity index (χ1) is 34.7. The predicted molar refractivity (Wildman–Crippen MR) is 293 cm³/mol. The van der Waals surface area contributed by atoms with Gasteiger partial charge in [0, 0.05) is 59.5 Å². The molecule has 5 heterocycles. The molecule has 16 aromatic rings. The van der Waals surface area contributed by atoms with Crippen LogP contribution in [0.15, 0.2) is 241 Å². The molecule has 0 saturated heterocycles. The third-order valence-corrected chi connectivity index (χ3v) is 15.2. The molecule has 0 aliphatic rings. The van der Waals surface area contributed by atoms with Crippen LogP contribution in [-0.2, 0) is 0 Å². The van der Waals surface area contributed by atoms with Crippen molar-refractivity contribution < 1.29 is 4.42 Å². The lowest BCUT2D eigenvalue weighted by atomic mass is 9.98. The average Bonchev–Trinajstić information content (AvgIpc) is 4.23. The summed E-state index contributed by atoms with van der Waals surface area (Å²) in [5, 5.41) is 12.4.